The number of benzene rings is 1. The van der Waals surface area contributed by atoms with Gasteiger partial charge in [-0.3, -0.25) is 19.6 Å². The third kappa shape index (κ3) is 2.84. The fourth-order valence-electron chi connectivity index (χ4n) is 2.71. The predicted molar refractivity (Wildman–Crippen MR) is 75.8 cm³/mol. The third-order valence-electron chi connectivity index (χ3n) is 3.85. The van der Waals surface area contributed by atoms with Gasteiger partial charge in [0.1, 0.15) is 0 Å². The highest BCUT2D eigenvalue weighted by Gasteiger charge is 2.30. The maximum absolute atomic E-state index is 12.2. The molecule has 0 radical (unpaired) electrons. The Kier molecular flexibility index (Phi) is 3.51. The third-order valence-corrected chi connectivity index (χ3v) is 3.85. The highest BCUT2D eigenvalue weighted by atomic mass is 16.4. The minimum Gasteiger partial charge on any atom is -0.481 e. The molecular weight excluding hydrogens is 270 g/mol. The average molecular weight is 285 g/mol. The summed E-state index contributed by atoms with van der Waals surface area (Å²) in [6.07, 6.45) is 5.00. The summed E-state index contributed by atoms with van der Waals surface area (Å²) >= 11 is 0. The number of fused-ring (bicyclic) bond motifs is 1. The molecule has 1 saturated carbocycles. The normalized spacial score (nSPS) is 21.3. The highest BCUT2D eigenvalue weighted by Crippen LogP contribution is 2.26. The SMILES string of the molecule is O=C(NC1CCC(C(=O)O)C1)c1ccc2nccnc2c1. The van der Waals surface area contributed by atoms with Gasteiger partial charge in [-0.25, -0.2) is 0 Å². The summed E-state index contributed by atoms with van der Waals surface area (Å²) in [7, 11) is 0. The molecule has 1 fully saturated rings. The molecule has 6 nitrogen and oxygen atoms in total. The standard InChI is InChI=1S/C15H15N3O3/c19-14(18-11-3-1-10(7-11)15(20)21)9-2-4-12-13(8-9)17-6-5-16-12/h2,4-6,8,10-11H,1,3,7H2,(H,18,19)(H,20,21). The van der Waals surface area contributed by atoms with E-state index in [0.717, 1.165) is 5.52 Å². The van der Waals surface area contributed by atoms with Gasteiger partial charge in [-0.2, -0.15) is 0 Å². The molecule has 0 bridgehead atoms. The maximum atomic E-state index is 12.2. The first-order chi connectivity index (χ1) is 10.1. The Balaban J connectivity index is 1.71. The van der Waals surface area contributed by atoms with E-state index in [4.69, 9.17) is 5.11 Å². The summed E-state index contributed by atoms with van der Waals surface area (Å²) in [5.41, 5.74) is 1.92. The van der Waals surface area contributed by atoms with Crippen molar-refractivity contribution in [3.63, 3.8) is 0 Å². The van der Waals surface area contributed by atoms with Gasteiger partial charge < -0.3 is 10.4 Å². The number of carboxylic acid groups (broad SMARTS) is 1. The second kappa shape index (κ2) is 5.47. The Morgan fingerprint density at radius 2 is 1.90 bits per heavy atom. The van der Waals surface area contributed by atoms with Gasteiger partial charge in [-0.1, -0.05) is 0 Å². The van der Waals surface area contributed by atoms with E-state index < -0.39 is 5.97 Å². The van der Waals surface area contributed by atoms with E-state index in [2.05, 4.69) is 15.3 Å². The molecule has 0 saturated heterocycles. The average Bonchev–Trinajstić information content (AvgIpc) is 2.95. The number of carbonyl (C=O) groups is 2. The molecule has 1 amide bonds. The molecule has 0 aliphatic heterocycles. The second-order valence-electron chi connectivity index (χ2n) is 5.28. The number of hydrogen-bond acceptors (Lipinski definition) is 4. The van der Waals surface area contributed by atoms with Crippen LogP contribution in [0.15, 0.2) is 30.6 Å². The molecule has 2 atom stereocenters. The van der Waals surface area contributed by atoms with Crippen molar-refractivity contribution in [2.75, 3.05) is 0 Å². The van der Waals surface area contributed by atoms with Crippen molar-refractivity contribution in [1.82, 2.24) is 15.3 Å². The fraction of sp³-hybridized carbons (Fsp3) is 0.333. The minimum atomic E-state index is -0.785. The van der Waals surface area contributed by atoms with Crippen molar-refractivity contribution in [1.29, 1.82) is 0 Å². The van der Waals surface area contributed by atoms with Gasteiger partial charge in [0, 0.05) is 24.0 Å². The lowest BCUT2D eigenvalue weighted by atomic mass is 10.1. The van der Waals surface area contributed by atoms with Gasteiger partial charge in [-0.15, -0.1) is 0 Å². The Bertz CT molecular complexity index is 701. The van der Waals surface area contributed by atoms with Crippen LogP contribution >= 0.6 is 0 Å². The van der Waals surface area contributed by atoms with E-state index in [9.17, 15) is 9.59 Å². The van der Waals surface area contributed by atoms with Crippen molar-refractivity contribution in [2.24, 2.45) is 5.92 Å². The number of hydrogen-bond donors (Lipinski definition) is 2. The van der Waals surface area contributed by atoms with Crippen molar-refractivity contribution in [3.05, 3.63) is 36.2 Å². The summed E-state index contributed by atoms with van der Waals surface area (Å²) < 4.78 is 0. The van der Waals surface area contributed by atoms with Crippen LogP contribution < -0.4 is 5.32 Å². The van der Waals surface area contributed by atoms with Crippen LogP contribution in [0.2, 0.25) is 0 Å². The lowest BCUT2D eigenvalue weighted by Crippen LogP contribution is -2.33. The first-order valence-corrected chi connectivity index (χ1v) is 6.88. The monoisotopic (exact) mass is 285 g/mol. The van der Waals surface area contributed by atoms with Gasteiger partial charge in [0.05, 0.1) is 17.0 Å². The molecule has 21 heavy (non-hydrogen) atoms. The van der Waals surface area contributed by atoms with Gasteiger partial charge in [-0.05, 0) is 37.5 Å². The van der Waals surface area contributed by atoms with Crippen molar-refractivity contribution < 1.29 is 14.7 Å². The number of nitrogens with one attached hydrogen (secondary N) is 1. The van der Waals surface area contributed by atoms with E-state index in [1.54, 1.807) is 30.6 Å². The largest absolute Gasteiger partial charge is 0.481 e. The molecule has 0 spiro atoms. The van der Waals surface area contributed by atoms with Gasteiger partial charge in [0.2, 0.25) is 0 Å². The molecule has 2 N–H and O–H groups in total. The van der Waals surface area contributed by atoms with Crippen LogP contribution in [0, 0.1) is 5.92 Å². The summed E-state index contributed by atoms with van der Waals surface area (Å²) in [6, 6.07) is 5.08. The number of carboxylic acids is 1. The summed E-state index contributed by atoms with van der Waals surface area (Å²) in [4.78, 5) is 31.5. The molecule has 108 valence electrons. The topological polar surface area (TPSA) is 92.2 Å². The van der Waals surface area contributed by atoms with E-state index in [0.29, 0.717) is 30.3 Å². The summed E-state index contributed by atoms with van der Waals surface area (Å²) in [6.45, 7) is 0. The van der Waals surface area contributed by atoms with Crippen LogP contribution in [0.1, 0.15) is 29.6 Å². The first-order valence-electron chi connectivity index (χ1n) is 6.88. The lowest BCUT2D eigenvalue weighted by Gasteiger charge is -2.12. The van der Waals surface area contributed by atoms with Crippen molar-refractivity contribution >= 4 is 22.9 Å². The number of carbonyl (C=O) groups excluding carboxylic acids is 1. The zero-order valence-corrected chi connectivity index (χ0v) is 11.3. The van der Waals surface area contributed by atoms with E-state index in [1.807, 2.05) is 0 Å². The fourth-order valence-corrected chi connectivity index (χ4v) is 2.71. The van der Waals surface area contributed by atoms with E-state index >= 15 is 0 Å². The molecule has 1 aliphatic rings. The zero-order chi connectivity index (χ0) is 14.8. The summed E-state index contributed by atoms with van der Waals surface area (Å²) in [5.74, 6) is -1.33. The molecule has 1 aromatic carbocycles. The number of rotatable bonds is 3. The van der Waals surface area contributed by atoms with Crippen LogP contribution in [0.3, 0.4) is 0 Å². The Hall–Kier alpha value is -2.50. The maximum Gasteiger partial charge on any atom is 0.306 e. The molecule has 6 heteroatoms. The van der Waals surface area contributed by atoms with Crippen LogP contribution in [0.4, 0.5) is 0 Å². The number of nitrogens with zero attached hydrogens (tertiary/aromatic N) is 2. The molecule has 2 aromatic rings. The molecular formula is C15H15N3O3. The molecule has 1 aliphatic carbocycles. The van der Waals surface area contributed by atoms with Crippen LogP contribution in [0.25, 0.3) is 11.0 Å². The smallest absolute Gasteiger partial charge is 0.306 e. The second-order valence-corrected chi connectivity index (χ2v) is 5.28. The van der Waals surface area contributed by atoms with Crippen molar-refractivity contribution in [3.8, 4) is 0 Å². The number of amides is 1. The van der Waals surface area contributed by atoms with Crippen LogP contribution in [-0.2, 0) is 4.79 Å². The Morgan fingerprint density at radius 1 is 1.14 bits per heavy atom. The van der Waals surface area contributed by atoms with E-state index in [1.165, 1.54) is 0 Å². The first kappa shape index (κ1) is 13.5. The molecule has 1 aromatic heterocycles. The Morgan fingerprint density at radius 3 is 2.62 bits per heavy atom. The number of aromatic nitrogens is 2. The predicted octanol–water partition coefficient (Wildman–Crippen LogP) is 1.61. The highest BCUT2D eigenvalue weighted by molar-refractivity contribution is 5.97. The molecule has 1 heterocycles. The van der Waals surface area contributed by atoms with Gasteiger partial charge >= 0.3 is 5.97 Å². The zero-order valence-electron chi connectivity index (χ0n) is 11.3. The quantitative estimate of drug-likeness (QED) is 0.893. The van der Waals surface area contributed by atoms with E-state index in [-0.39, 0.29) is 17.9 Å². The molecule has 2 unspecified atom stereocenters. The minimum absolute atomic E-state index is 0.0730. The summed E-state index contributed by atoms with van der Waals surface area (Å²) in [5, 5.41) is 11.9. The Labute approximate surface area is 121 Å². The lowest BCUT2D eigenvalue weighted by molar-refractivity contribution is -0.141. The van der Waals surface area contributed by atoms with Gasteiger partial charge in [0.15, 0.2) is 0 Å². The van der Waals surface area contributed by atoms with Crippen molar-refractivity contribution in [2.45, 2.75) is 25.3 Å². The van der Waals surface area contributed by atoms with Crippen LogP contribution in [0.5, 0.6) is 0 Å². The van der Waals surface area contributed by atoms with Gasteiger partial charge in [0.25, 0.3) is 5.91 Å². The number of aliphatic carboxylic acids is 1. The molecule has 3 rings (SSSR count). The van der Waals surface area contributed by atoms with Crippen LogP contribution in [-0.4, -0.2) is 33.0 Å².